The van der Waals surface area contributed by atoms with Gasteiger partial charge in [-0.15, -0.1) is 0 Å². The number of hydrogen-bond donors (Lipinski definition) is 0. The minimum absolute atomic E-state index is 0.128. The summed E-state index contributed by atoms with van der Waals surface area (Å²) in [5, 5.41) is 0. The molecule has 0 aromatic carbocycles. The van der Waals surface area contributed by atoms with Gasteiger partial charge in [-0.05, 0) is 44.1 Å². The molecule has 0 bridgehead atoms. The van der Waals surface area contributed by atoms with E-state index in [0.717, 1.165) is 32.1 Å². The molecule has 0 heterocycles. The zero-order valence-corrected chi connectivity index (χ0v) is 18.9. The van der Waals surface area contributed by atoms with Gasteiger partial charge < -0.3 is 9.47 Å². The summed E-state index contributed by atoms with van der Waals surface area (Å²) in [5.74, 6) is -0.0310. The van der Waals surface area contributed by atoms with Gasteiger partial charge in [0.05, 0.1) is 0 Å². The zero-order chi connectivity index (χ0) is 21.9. The van der Waals surface area contributed by atoms with Gasteiger partial charge in [-0.25, -0.2) is 0 Å². The molecule has 4 aliphatic rings. The van der Waals surface area contributed by atoms with Crippen molar-refractivity contribution in [2.24, 2.45) is 22.2 Å². The summed E-state index contributed by atoms with van der Waals surface area (Å²) in [6, 6.07) is 0. The van der Waals surface area contributed by atoms with Crippen LogP contribution in [0, 0.1) is 22.2 Å². The van der Waals surface area contributed by atoms with Crippen LogP contribution in [-0.2, 0) is 23.9 Å². The van der Waals surface area contributed by atoms with E-state index in [4.69, 9.17) is 9.47 Å². The van der Waals surface area contributed by atoms with Crippen molar-refractivity contribution < 1.29 is 23.9 Å². The molecule has 4 rings (SSSR count). The summed E-state index contributed by atoms with van der Waals surface area (Å²) in [4.78, 5) is 36.5. The molecule has 0 saturated heterocycles. The number of carbonyl (C=O) groups is 3. The maximum absolute atomic E-state index is 12.9. The molecule has 0 radical (unpaired) electrons. The topological polar surface area (TPSA) is 69.7 Å². The van der Waals surface area contributed by atoms with Crippen LogP contribution in [-0.4, -0.2) is 29.9 Å². The SMILES string of the molecule is CCC12C(=CCC3(C)C(=O)CCC31)C1(C)CCC(OC(C)=O)CC1=C[C@@H]2OC(C)=O. The Bertz CT molecular complexity index is 854. The highest BCUT2D eigenvalue weighted by Crippen LogP contribution is 2.68. The molecule has 0 N–H and O–H groups in total. The van der Waals surface area contributed by atoms with Crippen LogP contribution in [0.25, 0.3) is 0 Å². The second-order valence-corrected chi connectivity index (χ2v) is 10.2. The fourth-order valence-electron chi connectivity index (χ4n) is 7.30. The van der Waals surface area contributed by atoms with Crippen molar-refractivity contribution >= 4 is 17.7 Å². The van der Waals surface area contributed by atoms with Gasteiger partial charge in [-0.2, -0.15) is 0 Å². The van der Waals surface area contributed by atoms with Crippen LogP contribution < -0.4 is 0 Å². The molecule has 0 aromatic rings. The lowest BCUT2D eigenvalue weighted by molar-refractivity contribution is -0.156. The Morgan fingerprint density at radius 2 is 1.83 bits per heavy atom. The molecule has 0 aromatic heterocycles. The Hall–Kier alpha value is -1.91. The lowest BCUT2D eigenvalue weighted by Crippen LogP contribution is -2.58. The van der Waals surface area contributed by atoms with E-state index in [2.05, 4.69) is 32.9 Å². The second-order valence-electron chi connectivity index (χ2n) is 10.2. The highest BCUT2D eigenvalue weighted by atomic mass is 16.5. The molecule has 30 heavy (non-hydrogen) atoms. The first-order chi connectivity index (χ1) is 14.1. The van der Waals surface area contributed by atoms with E-state index >= 15 is 0 Å². The number of ketones is 1. The summed E-state index contributed by atoms with van der Waals surface area (Å²) in [7, 11) is 0. The summed E-state index contributed by atoms with van der Waals surface area (Å²) in [6.07, 6.45) is 9.38. The van der Waals surface area contributed by atoms with Crippen LogP contribution in [0.3, 0.4) is 0 Å². The molecule has 2 fully saturated rings. The van der Waals surface area contributed by atoms with Gasteiger partial charge in [-0.1, -0.05) is 38.0 Å². The van der Waals surface area contributed by atoms with Crippen LogP contribution in [0.5, 0.6) is 0 Å². The molecule has 0 aliphatic heterocycles. The molecule has 0 spiro atoms. The highest BCUT2D eigenvalue weighted by Gasteiger charge is 2.65. The van der Waals surface area contributed by atoms with Crippen LogP contribution >= 0.6 is 0 Å². The zero-order valence-electron chi connectivity index (χ0n) is 18.9. The predicted octanol–water partition coefficient (Wildman–Crippen LogP) is 4.69. The Kier molecular flexibility index (Phi) is 5.02. The van der Waals surface area contributed by atoms with Crippen molar-refractivity contribution in [1.82, 2.24) is 0 Å². The van der Waals surface area contributed by atoms with Gasteiger partial charge >= 0.3 is 11.9 Å². The molecular formula is C25H34O5. The molecule has 2 saturated carbocycles. The number of fused-ring (bicyclic) bond motifs is 5. The number of allylic oxidation sites excluding steroid dienone is 1. The van der Waals surface area contributed by atoms with E-state index in [1.807, 2.05) is 0 Å². The van der Waals surface area contributed by atoms with Gasteiger partial charge in [0.1, 0.15) is 18.0 Å². The molecule has 164 valence electrons. The lowest BCUT2D eigenvalue weighted by Gasteiger charge is -2.60. The first kappa shape index (κ1) is 21.3. The van der Waals surface area contributed by atoms with Crippen molar-refractivity contribution in [3.63, 3.8) is 0 Å². The van der Waals surface area contributed by atoms with Gasteiger partial charge in [0.25, 0.3) is 0 Å². The first-order valence-electron chi connectivity index (χ1n) is 11.4. The van der Waals surface area contributed by atoms with Crippen molar-refractivity contribution in [3.05, 3.63) is 23.3 Å². The van der Waals surface area contributed by atoms with E-state index in [-0.39, 0.29) is 46.3 Å². The number of ether oxygens (including phenoxy) is 2. The van der Waals surface area contributed by atoms with E-state index in [1.165, 1.54) is 25.0 Å². The third-order valence-electron chi connectivity index (χ3n) is 8.71. The largest absolute Gasteiger partial charge is 0.462 e. The third-order valence-corrected chi connectivity index (χ3v) is 8.71. The minimum atomic E-state index is -0.388. The predicted molar refractivity (Wildman–Crippen MR) is 112 cm³/mol. The highest BCUT2D eigenvalue weighted by molar-refractivity contribution is 5.88. The first-order valence-corrected chi connectivity index (χ1v) is 11.4. The third kappa shape index (κ3) is 2.84. The number of rotatable bonds is 3. The van der Waals surface area contributed by atoms with Crippen molar-refractivity contribution in [2.75, 3.05) is 0 Å². The van der Waals surface area contributed by atoms with E-state index in [9.17, 15) is 14.4 Å². The number of Topliss-reactive ketones (excluding diaryl/α,β-unsaturated/α-hetero) is 1. The summed E-state index contributed by atoms with van der Waals surface area (Å²) >= 11 is 0. The van der Waals surface area contributed by atoms with Crippen LogP contribution in [0.2, 0.25) is 0 Å². The quantitative estimate of drug-likeness (QED) is 0.495. The molecule has 6 atom stereocenters. The molecular weight excluding hydrogens is 380 g/mol. The van der Waals surface area contributed by atoms with E-state index in [1.54, 1.807) is 0 Å². The van der Waals surface area contributed by atoms with Gasteiger partial charge in [0, 0.05) is 42.9 Å². The number of esters is 2. The molecule has 5 heteroatoms. The standard InChI is InChI=1S/C25H34O5/c1-6-25-19-7-8-21(28)24(19,5)12-10-20(25)23(4)11-9-18(29-15(2)26)13-17(23)14-22(25)30-16(3)27/h10,14,18-19,22H,6-9,11-13H2,1-5H3/t18?,19?,22-,23?,24?,25?/m0/s1. The maximum Gasteiger partial charge on any atom is 0.303 e. The molecule has 5 nitrogen and oxygen atoms in total. The number of hydrogen-bond acceptors (Lipinski definition) is 5. The Morgan fingerprint density at radius 3 is 2.47 bits per heavy atom. The minimum Gasteiger partial charge on any atom is -0.462 e. The van der Waals surface area contributed by atoms with Crippen LogP contribution in [0.15, 0.2) is 23.3 Å². The maximum atomic E-state index is 12.9. The van der Waals surface area contributed by atoms with E-state index in [0.29, 0.717) is 18.6 Å². The summed E-state index contributed by atoms with van der Waals surface area (Å²) in [6.45, 7) is 9.49. The average Bonchev–Trinajstić information content (AvgIpc) is 2.97. The monoisotopic (exact) mass is 414 g/mol. The fourth-order valence-corrected chi connectivity index (χ4v) is 7.30. The Morgan fingerprint density at radius 1 is 1.13 bits per heavy atom. The van der Waals surface area contributed by atoms with Crippen molar-refractivity contribution in [3.8, 4) is 0 Å². The summed E-state index contributed by atoms with van der Waals surface area (Å²) < 4.78 is 11.5. The average molecular weight is 415 g/mol. The lowest BCUT2D eigenvalue weighted by atomic mass is 9.44. The number of carbonyl (C=O) groups excluding carboxylic acids is 3. The Labute approximate surface area is 179 Å². The van der Waals surface area contributed by atoms with Crippen LogP contribution in [0.1, 0.15) is 79.6 Å². The van der Waals surface area contributed by atoms with Gasteiger partial charge in [0.2, 0.25) is 0 Å². The summed E-state index contributed by atoms with van der Waals surface area (Å²) in [5.41, 5.74) is 1.68. The smallest absolute Gasteiger partial charge is 0.303 e. The van der Waals surface area contributed by atoms with Crippen molar-refractivity contribution in [1.29, 1.82) is 0 Å². The molecule has 5 unspecified atom stereocenters. The van der Waals surface area contributed by atoms with E-state index < -0.39 is 0 Å². The molecule has 0 amide bonds. The fraction of sp³-hybridized carbons (Fsp3) is 0.720. The van der Waals surface area contributed by atoms with Gasteiger partial charge in [0.15, 0.2) is 0 Å². The normalized spacial score (nSPS) is 42.3. The molecule has 4 aliphatic carbocycles. The van der Waals surface area contributed by atoms with Gasteiger partial charge in [-0.3, -0.25) is 14.4 Å². The van der Waals surface area contributed by atoms with Crippen molar-refractivity contribution in [2.45, 2.75) is 91.8 Å². The Balaban J connectivity index is 1.85. The van der Waals surface area contributed by atoms with Crippen LogP contribution in [0.4, 0.5) is 0 Å². The second kappa shape index (κ2) is 7.06.